The number of hydrogen-bond acceptors (Lipinski definition) is 3. The van der Waals surface area contributed by atoms with Gasteiger partial charge >= 0.3 is 0 Å². The summed E-state index contributed by atoms with van der Waals surface area (Å²) in [6, 6.07) is 7.10. The minimum absolute atomic E-state index is 0.137. The van der Waals surface area contributed by atoms with Crippen LogP contribution in [-0.4, -0.2) is 15.5 Å². The van der Waals surface area contributed by atoms with Crippen LogP contribution in [0.4, 0.5) is 0 Å². The molecule has 1 rings (SSSR count). The van der Waals surface area contributed by atoms with Crippen molar-refractivity contribution >= 4 is 19.7 Å². The van der Waals surface area contributed by atoms with Gasteiger partial charge in [-0.25, -0.2) is 8.42 Å². The van der Waals surface area contributed by atoms with E-state index < -0.39 is 9.05 Å². The average molecular weight is 235 g/mol. The van der Waals surface area contributed by atoms with Crippen LogP contribution in [0.15, 0.2) is 24.3 Å². The highest BCUT2D eigenvalue weighted by atomic mass is 35.7. The van der Waals surface area contributed by atoms with Crippen LogP contribution in [0.2, 0.25) is 0 Å². The zero-order valence-corrected chi connectivity index (χ0v) is 9.31. The highest BCUT2D eigenvalue weighted by Gasteiger charge is 2.06. The van der Waals surface area contributed by atoms with Gasteiger partial charge in [-0.3, -0.25) is 0 Å². The number of ether oxygens (including phenoxy) is 1. The molecule has 0 N–H and O–H groups in total. The van der Waals surface area contributed by atoms with Gasteiger partial charge in [0.05, 0.1) is 12.4 Å². The summed E-state index contributed by atoms with van der Waals surface area (Å²) in [5.41, 5.74) is 1.68. The first-order valence-electron chi connectivity index (χ1n) is 4.00. The van der Waals surface area contributed by atoms with Gasteiger partial charge in [0.15, 0.2) is 0 Å². The Morgan fingerprint density at radius 1 is 1.21 bits per heavy atom. The van der Waals surface area contributed by atoms with E-state index >= 15 is 0 Å². The Morgan fingerprint density at radius 3 is 2.14 bits per heavy atom. The van der Waals surface area contributed by atoms with E-state index in [1.54, 1.807) is 19.2 Å². The van der Waals surface area contributed by atoms with Gasteiger partial charge in [-0.15, -0.1) is 0 Å². The summed E-state index contributed by atoms with van der Waals surface area (Å²) in [5, 5.41) is 0. The summed E-state index contributed by atoms with van der Waals surface area (Å²) in [6.45, 7) is 0.522. The molecule has 1 aromatic rings. The maximum Gasteiger partial charge on any atom is 0.236 e. The van der Waals surface area contributed by atoms with E-state index in [1.807, 2.05) is 12.1 Å². The number of rotatable bonds is 4. The molecule has 78 valence electrons. The van der Waals surface area contributed by atoms with Crippen LogP contribution in [0, 0.1) is 0 Å². The van der Waals surface area contributed by atoms with Crippen LogP contribution in [0.25, 0.3) is 0 Å². The predicted octanol–water partition coefficient (Wildman–Crippen LogP) is 1.90. The van der Waals surface area contributed by atoms with Crippen molar-refractivity contribution in [2.24, 2.45) is 0 Å². The Bertz CT molecular complexity index is 383. The molecule has 0 amide bonds. The summed E-state index contributed by atoms with van der Waals surface area (Å²) in [4.78, 5) is 0. The lowest BCUT2D eigenvalue weighted by atomic mass is 10.2. The molecule has 0 unspecified atom stereocenters. The first kappa shape index (κ1) is 11.5. The van der Waals surface area contributed by atoms with E-state index in [2.05, 4.69) is 0 Å². The largest absolute Gasteiger partial charge is 0.380 e. The highest BCUT2D eigenvalue weighted by molar-refractivity contribution is 8.13. The normalized spacial score (nSPS) is 11.6. The fourth-order valence-corrected chi connectivity index (χ4v) is 2.07. The lowest BCUT2D eigenvalue weighted by Gasteiger charge is -2.01. The van der Waals surface area contributed by atoms with Crippen molar-refractivity contribution in [2.45, 2.75) is 12.4 Å². The van der Waals surface area contributed by atoms with Crippen molar-refractivity contribution in [3.63, 3.8) is 0 Å². The van der Waals surface area contributed by atoms with E-state index in [1.165, 1.54) is 0 Å². The predicted molar refractivity (Wildman–Crippen MR) is 55.6 cm³/mol. The average Bonchev–Trinajstić information content (AvgIpc) is 2.06. The second kappa shape index (κ2) is 4.77. The van der Waals surface area contributed by atoms with Crippen molar-refractivity contribution in [2.75, 3.05) is 7.11 Å². The summed E-state index contributed by atoms with van der Waals surface area (Å²) in [7, 11) is 3.26. The molecule has 0 aromatic heterocycles. The molecule has 0 aliphatic rings. The number of benzene rings is 1. The van der Waals surface area contributed by atoms with Crippen molar-refractivity contribution in [1.29, 1.82) is 0 Å². The minimum atomic E-state index is -3.46. The number of halogens is 1. The molecule has 0 radical (unpaired) electrons. The van der Waals surface area contributed by atoms with Crippen LogP contribution in [-0.2, 0) is 26.1 Å². The Hall–Kier alpha value is -0.580. The highest BCUT2D eigenvalue weighted by Crippen LogP contribution is 2.11. The van der Waals surface area contributed by atoms with Gasteiger partial charge in [0.1, 0.15) is 0 Å². The topological polar surface area (TPSA) is 43.4 Å². The third kappa shape index (κ3) is 4.09. The smallest absolute Gasteiger partial charge is 0.236 e. The minimum Gasteiger partial charge on any atom is -0.380 e. The second-order valence-electron chi connectivity index (χ2n) is 2.93. The van der Waals surface area contributed by atoms with Crippen molar-refractivity contribution < 1.29 is 13.2 Å². The first-order chi connectivity index (χ1) is 6.51. The molecule has 0 bridgehead atoms. The monoisotopic (exact) mass is 234 g/mol. The molecular formula is C9H11ClO3S. The molecular weight excluding hydrogens is 224 g/mol. The summed E-state index contributed by atoms with van der Waals surface area (Å²) in [6.07, 6.45) is 0. The fraction of sp³-hybridized carbons (Fsp3) is 0.333. The van der Waals surface area contributed by atoms with E-state index in [4.69, 9.17) is 15.4 Å². The van der Waals surface area contributed by atoms with Crippen LogP contribution in [0.3, 0.4) is 0 Å². The van der Waals surface area contributed by atoms with Gasteiger partial charge in [-0.05, 0) is 11.1 Å². The molecule has 0 heterocycles. The zero-order valence-electron chi connectivity index (χ0n) is 7.73. The van der Waals surface area contributed by atoms with Gasteiger partial charge in [-0.1, -0.05) is 24.3 Å². The summed E-state index contributed by atoms with van der Waals surface area (Å²) < 4.78 is 26.4. The number of methoxy groups -OCH3 is 1. The maximum absolute atomic E-state index is 10.8. The Balaban J connectivity index is 2.74. The molecule has 14 heavy (non-hydrogen) atoms. The second-order valence-corrected chi connectivity index (χ2v) is 5.71. The van der Waals surface area contributed by atoms with Crippen molar-refractivity contribution in [1.82, 2.24) is 0 Å². The van der Waals surface area contributed by atoms with Crippen molar-refractivity contribution in [3.05, 3.63) is 35.4 Å². The Kier molecular flexibility index (Phi) is 3.92. The van der Waals surface area contributed by atoms with Crippen LogP contribution in [0.5, 0.6) is 0 Å². The summed E-state index contributed by atoms with van der Waals surface area (Å²) >= 11 is 0. The molecule has 0 saturated heterocycles. The molecule has 0 aliphatic carbocycles. The van der Waals surface area contributed by atoms with E-state index in [0.717, 1.165) is 5.56 Å². The quantitative estimate of drug-likeness (QED) is 0.748. The van der Waals surface area contributed by atoms with Gasteiger partial charge < -0.3 is 4.74 Å². The molecule has 0 aliphatic heterocycles. The first-order valence-corrected chi connectivity index (χ1v) is 6.48. The SMILES string of the molecule is COCc1ccc(CS(=O)(=O)Cl)cc1. The van der Waals surface area contributed by atoms with E-state index in [9.17, 15) is 8.42 Å². The van der Waals surface area contributed by atoms with Gasteiger partial charge in [0.25, 0.3) is 0 Å². The lowest BCUT2D eigenvalue weighted by molar-refractivity contribution is 0.185. The standard InChI is InChI=1S/C9H11ClO3S/c1-13-6-8-2-4-9(5-3-8)7-14(10,11)12/h2-5H,6-7H2,1H3. The van der Waals surface area contributed by atoms with Crippen LogP contribution >= 0.6 is 10.7 Å². The van der Waals surface area contributed by atoms with Gasteiger partial charge in [-0.2, -0.15) is 0 Å². The maximum atomic E-state index is 10.8. The lowest BCUT2D eigenvalue weighted by Crippen LogP contribution is -1.95. The van der Waals surface area contributed by atoms with Crippen molar-refractivity contribution in [3.8, 4) is 0 Å². The van der Waals surface area contributed by atoms with Crippen LogP contribution in [0.1, 0.15) is 11.1 Å². The van der Waals surface area contributed by atoms with Gasteiger partial charge in [0, 0.05) is 17.8 Å². The van der Waals surface area contributed by atoms with Gasteiger partial charge in [0.2, 0.25) is 9.05 Å². The molecule has 3 nitrogen and oxygen atoms in total. The molecule has 0 spiro atoms. The molecule has 0 fully saturated rings. The molecule has 5 heteroatoms. The third-order valence-electron chi connectivity index (χ3n) is 1.67. The summed E-state index contributed by atoms with van der Waals surface area (Å²) in [5.74, 6) is -0.137. The Labute approximate surface area is 88.1 Å². The molecule has 0 saturated carbocycles. The molecule has 0 atom stereocenters. The number of hydrogen-bond donors (Lipinski definition) is 0. The Morgan fingerprint density at radius 2 is 1.71 bits per heavy atom. The third-order valence-corrected chi connectivity index (χ3v) is 2.68. The van der Waals surface area contributed by atoms with E-state index in [-0.39, 0.29) is 5.75 Å². The molecule has 1 aromatic carbocycles. The zero-order chi connectivity index (χ0) is 10.6. The van der Waals surface area contributed by atoms with Crippen LogP contribution < -0.4 is 0 Å². The van der Waals surface area contributed by atoms with E-state index in [0.29, 0.717) is 12.2 Å². The fourth-order valence-electron chi connectivity index (χ4n) is 1.10.